The van der Waals surface area contributed by atoms with Crippen molar-refractivity contribution in [2.45, 2.75) is 40.2 Å². The number of halogens is 1. The highest BCUT2D eigenvalue weighted by Gasteiger charge is 2.14. The van der Waals surface area contributed by atoms with Gasteiger partial charge >= 0.3 is 6.09 Å². The van der Waals surface area contributed by atoms with Crippen LogP contribution >= 0.6 is 0 Å². The molecule has 0 fully saturated rings. The van der Waals surface area contributed by atoms with Crippen molar-refractivity contribution in [3.63, 3.8) is 0 Å². The van der Waals surface area contributed by atoms with Gasteiger partial charge in [0.2, 0.25) is 0 Å². The number of nitrogens with zero attached hydrogens (tertiary/aromatic N) is 1. The summed E-state index contributed by atoms with van der Waals surface area (Å²) < 4.78 is 17.4. The van der Waals surface area contributed by atoms with E-state index in [2.05, 4.69) is 42.6 Å². The fourth-order valence-electron chi connectivity index (χ4n) is 1.95. The van der Waals surface area contributed by atoms with Gasteiger partial charge in [0.05, 0.1) is 7.11 Å². The number of carbonyl (C=O) groups is 1. The molecule has 1 rings (SSSR count). The molecular weight excluding hydrogens is 283 g/mol. The molecule has 1 aromatic rings. The molecule has 0 aliphatic heterocycles. The first kappa shape index (κ1) is 20.4. The molecule has 1 atom stereocenters. The van der Waals surface area contributed by atoms with Crippen LogP contribution in [0.5, 0.6) is 0 Å². The largest absolute Gasteiger partial charge is 0.453 e. The minimum Gasteiger partial charge on any atom is -0.453 e. The van der Waals surface area contributed by atoms with Gasteiger partial charge in [-0.05, 0) is 31.2 Å². The minimum atomic E-state index is -0.425. The number of amides is 1. The summed E-state index contributed by atoms with van der Waals surface area (Å²) in [7, 11) is 1.34. The van der Waals surface area contributed by atoms with Gasteiger partial charge in [-0.3, -0.25) is 4.90 Å². The van der Waals surface area contributed by atoms with Crippen LogP contribution in [0.25, 0.3) is 0 Å². The first-order chi connectivity index (χ1) is 10.5. The number of methoxy groups -OCH3 is 1. The van der Waals surface area contributed by atoms with Crippen molar-refractivity contribution in [1.82, 2.24) is 10.2 Å². The Hall–Kier alpha value is -1.62. The van der Waals surface area contributed by atoms with Crippen molar-refractivity contribution in [1.29, 1.82) is 0 Å². The van der Waals surface area contributed by atoms with Gasteiger partial charge in [0.1, 0.15) is 5.82 Å². The normalized spacial score (nSPS) is 11.4. The summed E-state index contributed by atoms with van der Waals surface area (Å²) in [5, 5.41) is 2.65. The van der Waals surface area contributed by atoms with Crippen molar-refractivity contribution in [3.8, 4) is 0 Å². The van der Waals surface area contributed by atoms with Gasteiger partial charge in [-0.1, -0.05) is 39.3 Å². The molecule has 4 nitrogen and oxygen atoms in total. The van der Waals surface area contributed by atoms with E-state index in [0.717, 1.165) is 12.1 Å². The molecule has 0 bridgehead atoms. The first-order valence-corrected chi connectivity index (χ1v) is 7.81. The second-order valence-corrected chi connectivity index (χ2v) is 4.98. The van der Waals surface area contributed by atoms with Crippen LogP contribution in [0.2, 0.25) is 0 Å². The van der Waals surface area contributed by atoms with E-state index in [1.54, 1.807) is 12.1 Å². The molecular formula is C17H29FN2O2. The summed E-state index contributed by atoms with van der Waals surface area (Å²) in [5.41, 5.74) is 1.06. The van der Waals surface area contributed by atoms with Crippen LogP contribution in [-0.4, -0.2) is 37.7 Å². The van der Waals surface area contributed by atoms with Crippen molar-refractivity contribution >= 4 is 6.09 Å². The average molecular weight is 312 g/mol. The third-order valence-electron chi connectivity index (χ3n) is 3.16. The molecule has 5 heteroatoms. The Bertz CT molecular complexity index is 410. The summed E-state index contributed by atoms with van der Waals surface area (Å²) in [6.45, 7) is 10.4. The topological polar surface area (TPSA) is 41.6 Å². The minimum absolute atomic E-state index is 0.171. The van der Waals surface area contributed by atoms with Crippen LogP contribution in [0.1, 0.15) is 45.7 Å². The Morgan fingerprint density at radius 2 is 1.82 bits per heavy atom. The van der Waals surface area contributed by atoms with Crippen molar-refractivity contribution < 1.29 is 13.9 Å². The van der Waals surface area contributed by atoms with Crippen LogP contribution in [0, 0.1) is 5.82 Å². The molecule has 22 heavy (non-hydrogen) atoms. The van der Waals surface area contributed by atoms with E-state index in [4.69, 9.17) is 0 Å². The Kier molecular flexibility index (Phi) is 11.1. The lowest BCUT2D eigenvalue weighted by Crippen LogP contribution is -2.36. The van der Waals surface area contributed by atoms with Gasteiger partial charge in [0.25, 0.3) is 0 Å². The third kappa shape index (κ3) is 7.98. The van der Waals surface area contributed by atoms with E-state index in [-0.39, 0.29) is 11.9 Å². The fraction of sp³-hybridized carbons (Fsp3) is 0.588. The van der Waals surface area contributed by atoms with Crippen LogP contribution < -0.4 is 5.32 Å². The predicted octanol–water partition coefficient (Wildman–Crippen LogP) is 3.98. The molecule has 0 heterocycles. The lowest BCUT2D eigenvalue weighted by Gasteiger charge is -2.28. The van der Waals surface area contributed by atoms with Crippen LogP contribution in [0.3, 0.4) is 0 Å². The van der Waals surface area contributed by atoms with E-state index >= 15 is 0 Å². The van der Waals surface area contributed by atoms with Gasteiger partial charge < -0.3 is 10.1 Å². The summed E-state index contributed by atoms with van der Waals surface area (Å²) in [4.78, 5) is 13.2. The molecule has 1 N–H and O–H groups in total. The lowest BCUT2D eigenvalue weighted by atomic mass is 10.1. The number of hydrogen-bond donors (Lipinski definition) is 1. The molecule has 0 aliphatic rings. The maximum atomic E-state index is 12.9. The Labute approximate surface area is 133 Å². The van der Waals surface area contributed by atoms with E-state index in [0.29, 0.717) is 13.1 Å². The first-order valence-electron chi connectivity index (χ1n) is 7.81. The highest BCUT2D eigenvalue weighted by molar-refractivity contribution is 5.66. The number of alkyl carbamates (subject to hydrolysis) is 1. The maximum absolute atomic E-state index is 12.9. The zero-order chi connectivity index (χ0) is 17.0. The monoisotopic (exact) mass is 312 g/mol. The van der Waals surface area contributed by atoms with Gasteiger partial charge in [-0.15, -0.1) is 0 Å². The summed E-state index contributed by atoms with van der Waals surface area (Å²) in [6.07, 6.45) is 0.825. The summed E-state index contributed by atoms with van der Waals surface area (Å²) in [6, 6.07) is 6.68. The second-order valence-electron chi connectivity index (χ2n) is 4.98. The number of hydrogen-bond acceptors (Lipinski definition) is 3. The lowest BCUT2D eigenvalue weighted by molar-refractivity contribution is 0.165. The van der Waals surface area contributed by atoms with Crippen molar-refractivity contribution in [2.24, 2.45) is 0 Å². The standard InChI is InChI=1S/C14H21FN2O2.C3H8/c1-4-17(10-9-16-14(18)19-3)11(2)12-5-7-13(15)8-6-12;1-3-2/h5-8,11H,4,9-10H2,1-3H3,(H,16,18);3H2,1-2H3/t11-;/m0./s1. The average Bonchev–Trinajstić information content (AvgIpc) is 2.52. The number of nitrogens with one attached hydrogen (secondary N) is 1. The van der Waals surface area contributed by atoms with Gasteiger partial charge in [-0.25, -0.2) is 9.18 Å². The van der Waals surface area contributed by atoms with Gasteiger partial charge in [0, 0.05) is 19.1 Å². The molecule has 126 valence electrons. The van der Waals surface area contributed by atoms with Crippen LogP contribution in [-0.2, 0) is 4.74 Å². The van der Waals surface area contributed by atoms with E-state index in [1.165, 1.54) is 25.7 Å². The predicted molar refractivity (Wildman–Crippen MR) is 88.4 cm³/mol. The molecule has 0 radical (unpaired) electrons. The molecule has 1 amide bonds. The highest BCUT2D eigenvalue weighted by Crippen LogP contribution is 2.19. The molecule has 0 aromatic heterocycles. The molecule has 0 saturated heterocycles. The SMILES string of the molecule is CCC.CCN(CCNC(=O)OC)[C@@H](C)c1ccc(F)cc1. The van der Waals surface area contributed by atoms with Crippen LogP contribution in [0.15, 0.2) is 24.3 Å². The Morgan fingerprint density at radius 1 is 1.27 bits per heavy atom. The van der Waals surface area contributed by atoms with Crippen molar-refractivity contribution in [2.75, 3.05) is 26.7 Å². The summed E-state index contributed by atoms with van der Waals surface area (Å²) in [5.74, 6) is -0.230. The molecule has 0 aliphatic carbocycles. The van der Waals surface area contributed by atoms with E-state index in [1.807, 2.05) is 0 Å². The number of ether oxygens (including phenoxy) is 1. The number of benzene rings is 1. The van der Waals surface area contributed by atoms with Crippen molar-refractivity contribution in [3.05, 3.63) is 35.6 Å². The highest BCUT2D eigenvalue weighted by atomic mass is 19.1. The number of likely N-dealkylation sites (N-methyl/N-ethyl adjacent to an activating group) is 1. The van der Waals surface area contributed by atoms with Gasteiger partial charge in [-0.2, -0.15) is 0 Å². The quantitative estimate of drug-likeness (QED) is 0.864. The molecule has 0 spiro atoms. The van der Waals surface area contributed by atoms with E-state index in [9.17, 15) is 9.18 Å². The molecule has 0 saturated carbocycles. The number of carbonyl (C=O) groups excluding carboxylic acids is 1. The van der Waals surface area contributed by atoms with E-state index < -0.39 is 6.09 Å². The zero-order valence-corrected chi connectivity index (χ0v) is 14.4. The summed E-state index contributed by atoms with van der Waals surface area (Å²) >= 11 is 0. The zero-order valence-electron chi connectivity index (χ0n) is 14.4. The fourth-order valence-corrected chi connectivity index (χ4v) is 1.95. The van der Waals surface area contributed by atoms with Gasteiger partial charge in [0.15, 0.2) is 0 Å². The number of rotatable bonds is 6. The smallest absolute Gasteiger partial charge is 0.406 e. The molecule has 1 aromatic carbocycles. The second kappa shape index (κ2) is 12.0. The van der Waals surface area contributed by atoms with Crippen LogP contribution in [0.4, 0.5) is 9.18 Å². The Morgan fingerprint density at radius 3 is 2.27 bits per heavy atom. The maximum Gasteiger partial charge on any atom is 0.406 e. The Balaban J connectivity index is 0.00000135. The molecule has 0 unspecified atom stereocenters. The third-order valence-corrected chi connectivity index (χ3v) is 3.16.